The highest BCUT2D eigenvalue weighted by Gasteiger charge is 2.38. The quantitative estimate of drug-likeness (QED) is 0.804. The molecule has 0 bridgehead atoms. The molecule has 1 saturated carbocycles. The summed E-state index contributed by atoms with van der Waals surface area (Å²) < 4.78 is 58.1. The van der Waals surface area contributed by atoms with Crippen LogP contribution in [0, 0.1) is 11.6 Å². The summed E-state index contributed by atoms with van der Waals surface area (Å²) >= 11 is 0. The van der Waals surface area contributed by atoms with E-state index in [-0.39, 0.29) is 6.04 Å². The summed E-state index contributed by atoms with van der Waals surface area (Å²) in [6.07, 6.45) is -2.39. The van der Waals surface area contributed by atoms with E-state index in [0.29, 0.717) is 17.2 Å². The lowest BCUT2D eigenvalue weighted by atomic mass is 10.1. The van der Waals surface area contributed by atoms with Gasteiger partial charge in [0.05, 0.1) is 5.69 Å². The standard InChI is InChI=1S/C14H12F2N2.C2HF3O2/c15-9-2-3-10(12(16)5-9)14-4-1-8(7-18-14)11-6-13(11)17;3-2(4,5)1(6)7/h1-5,7,11,13H,6,17H2;(H,6,7). The molecule has 1 aliphatic carbocycles. The lowest BCUT2D eigenvalue weighted by molar-refractivity contribution is -0.192. The molecule has 0 radical (unpaired) electrons. The number of carboxylic acids is 1. The van der Waals surface area contributed by atoms with Crippen LogP contribution in [-0.2, 0) is 4.79 Å². The van der Waals surface area contributed by atoms with E-state index in [0.717, 1.165) is 18.1 Å². The van der Waals surface area contributed by atoms with E-state index in [9.17, 15) is 22.0 Å². The fourth-order valence-corrected chi connectivity index (χ4v) is 2.08. The van der Waals surface area contributed by atoms with Gasteiger partial charge in [-0.15, -0.1) is 0 Å². The molecular formula is C16H13F5N2O2. The molecule has 2 aromatic rings. The molecule has 9 heteroatoms. The molecule has 0 aliphatic heterocycles. The number of aliphatic carboxylic acids is 1. The van der Waals surface area contributed by atoms with Gasteiger partial charge in [0.15, 0.2) is 0 Å². The molecule has 0 saturated heterocycles. The number of nitrogens with two attached hydrogens (primary N) is 1. The Labute approximate surface area is 139 Å². The van der Waals surface area contributed by atoms with E-state index in [1.807, 2.05) is 6.07 Å². The van der Waals surface area contributed by atoms with Gasteiger partial charge in [-0.1, -0.05) is 6.07 Å². The van der Waals surface area contributed by atoms with E-state index in [2.05, 4.69) is 4.98 Å². The number of hydrogen-bond donors (Lipinski definition) is 2. The monoisotopic (exact) mass is 360 g/mol. The Kier molecular flexibility index (Phi) is 5.36. The van der Waals surface area contributed by atoms with Crippen molar-refractivity contribution in [2.75, 3.05) is 0 Å². The average Bonchev–Trinajstić information content (AvgIpc) is 3.24. The lowest BCUT2D eigenvalue weighted by Gasteiger charge is -2.04. The second-order valence-corrected chi connectivity index (χ2v) is 5.41. The van der Waals surface area contributed by atoms with Crippen molar-refractivity contribution in [3.05, 3.63) is 53.7 Å². The zero-order chi connectivity index (χ0) is 18.8. The molecule has 1 aromatic carbocycles. The number of carboxylic acid groups (broad SMARTS) is 1. The lowest BCUT2D eigenvalue weighted by Crippen LogP contribution is -2.21. The Balaban J connectivity index is 0.000000277. The largest absolute Gasteiger partial charge is 0.490 e. The van der Waals surface area contributed by atoms with Gasteiger partial charge < -0.3 is 10.8 Å². The molecule has 2 atom stereocenters. The van der Waals surface area contributed by atoms with Gasteiger partial charge in [-0.05, 0) is 30.2 Å². The highest BCUT2D eigenvalue weighted by molar-refractivity contribution is 5.73. The van der Waals surface area contributed by atoms with Gasteiger partial charge in [-0.3, -0.25) is 4.98 Å². The predicted octanol–water partition coefficient (Wildman–Crippen LogP) is 3.47. The first-order valence-electron chi connectivity index (χ1n) is 7.06. The first-order chi connectivity index (χ1) is 11.6. The molecule has 3 N–H and O–H groups in total. The molecular weight excluding hydrogens is 347 g/mol. The van der Waals surface area contributed by atoms with Gasteiger partial charge in [0.25, 0.3) is 0 Å². The minimum absolute atomic E-state index is 0.222. The van der Waals surface area contributed by atoms with Gasteiger partial charge in [0.1, 0.15) is 11.6 Å². The van der Waals surface area contributed by atoms with Gasteiger partial charge in [0.2, 0.25) is 0 Å². The summed E-state index contributed by atoms with van der Waals surface area (Å²) in [7, 11) is 0. The third-order valence-corrected chi connectivity index (χ3v) is 3.50. The molecule has 0 spiro atoms. The van der Waals surface area contributed by atoms with E-state index in [1.165, 1.54) is 12.1 Å². The molecule has 1 aliphatic rings. The Morgan fingerprint density at radius 2 is 1.80 bits per heavy atom. The maximum absolute atomic E-state index is 13.6. The summed E-state index contributed by atoms with van der Waals surface area (Å²) in [6, 6.07) is 7.36. The normalized spacial score (nSPS) is 19.0. The summed E-state index contributed by atoms with van der Waals surface area (Å²) in [5.41, 5.74) is 7.65. The SMILES string of the molecule is NC1CC1c1ccc(-c2ccc(F)cc2F)nc1.O=C(O)C(F)(F)F. The van der Waals surface area contributed by atoms with Crippen LogP contribution in [0.25, 0.3) is 11.3 Å². The average molecular weight is 360 g/mol. The maximum atomic E-state index is 13.6. The molecule has 25 heavy (non-hydrogen) atoms. The molecule has 4 nitrogen and oxygen atoms in total. The first-order valence-corrected chi connectivity index (χ1v) is 7.06. The van der Waals surface area contributed by atoms with Crippen molar-refractivity contribution >= 4 is 5.97 Å². The van der Waals surface area contributed by atoms with Crippen LogP contribution in [0.4, 0.5) is 22.0 Å². The van der Waals surface area contributed by atoms with Crippen LogP contribution in [0.5, 0.6) is 0 Å². The second kappa shape index (κ2) is 7.14. The Morgan fingerprint density at radius 1 is 1.20 bits per heavy atom. The third kappa shape index (κ3) is 4.96. The maximum Gasteiger partial charge on any atom is 0.490 e. The second-order valence-electron chi connectivity index (χ2n) is 5.41. The van der Waals surface area contributed by atoms with Crippen molar-refractivity contribution in [3.8, 4) is 11.3 Å². The topological polar surface area (TPSA) is 76.2 Å². The first kappa shape index (κ1) is 18.8. The van der Waals surface area contributed by atoms with Crippen LogP contribution in [0.2, 0.25) is 0 Å². The predicted molar refractivity (Wildman–Crippen MR) is 78.6 cm³/mol. The number of hydrogen-bond acceptors (Lipinski definition) is 3. The Hall–Kier alpha value is -2.55. The summed E-state index contributed by atoms with van der Waals surface area (Å²) in [4.78, 5) is 13.1. The highest BCUT2D eigenvalue weighted by atomic mass is 19.4. The van der Waals surface area contributed by atoms with E-state index < -0.39 is 23.8 Å². The zero-order valence-electron chi connectivity index (χ0n) is 12.6. The summed E-state index contributed by atoms with van der Waals surface area (Å²) in [6.45, 7) is 0. The number of alkyl halides is 3. The van der Waals surface area contributed by atoms with Crippen molar-refractivity contribution < 1.29 is 31.9 Å². The zero-order valence-corrected chi connectivity index (χ0v) is 12.6. The number of rotatable bonds is 2. The number of aromatic nitrogens is 1. The number of carbonyl (C=O) groups is 1. The fourth-order valence-electron chi connectivity index (χ4n) is 2.08. The van der Waals surface area contributed by atoms with Crippen LogP contribution >= 0.6 is 0 Å². The molecule has 2 unspecified atom stereocenters. The van der Waals surface area contributed by atoms with E-state index >= 15 is 0 Å². The van der Waals surface area contributed by atoms with Crippen molar-refractivity contribution in [1.29, 1.82) is 0 Å². The van der Waals surface area contributed by atoms with E-state index in [4.69, 9.17) is 15.6 Å². The van der Waals surface area contributed by atoms with Crippen molar-refractivity contribution in [2.24, 2.45) is 5.73 Å². The highest BCUT2D eigenvalue weighted by Crippen LogP contribution is 2.38. The van der Waals surface area contributed by atoms with Gasteiger partial charge >= 0.3 is 12.1 Å². The minimum atomic E-state index is -5.08. The van der Waals surface area contributed by atoms with Crippen LogP contribution in [0.15, 0.2) is 36.5 Å². The Morgan fingerprint density at radius 3 is 2.20 bits per heavy atom. The van der Waals surface area contributed by atoms with Crippen molar-refractivity contribution in [2.45, 2.75) is 24.6 Å². The van der Waals surface area contributed by atoms with Gasteiger partial charge in [-0.25, -0.2) is 13.6 Å². The van der Waals surface area contributed by atoms with Crippen LogP contribution in [-0.4, -0.2) is 28.3 Å². The van der Waals surface area contributed by atoms with Gasteiger partial charge in [-0.2, -0.15) is 13.2 Å². The molecule has 0 amide bonds. The smallest absolute Gasteiger partial charge is 0.475 e. The Bertz CT molecular complexity index is 762. The van der Waals surface area contributed by atoms with Crippen molar-refractivity contribution in [3.63, 3.8) is 0 Å². The van der Waals surface area contributed by atoms with Gasteiger partial charge in [0, 0.05) is 29.8 Å². The summed E-state index contributed by atoms with van der Waals surface area (Å²) in [5, 5.41) is 7.12. The van der Waals surface area contributed by atoms with Crippen molar-refractivity contribution in [1.82, 2.24) is 4.98 Å². The number of halogens is 5. The van der Waals surface area contributed by atoms with Crippen LogP contribution in [0.3, 0.4) is 0 Å². The molecule has 134 valence electrons. The fraction of sp³-hybridized carbons (Fsp3) is 0.250. The minimum Gasteiger partial charge on any atom is -0.475 e. The molecule has 1 fully saturated rings. The van der Waals surface area contributed by atoms with Crippen LogP contribution in [0.1, 0.15) is 17.9 Å². The molecule has 1 heterocycles. The van der Waals surface area contributed by atoms with Crippen LogP contribution < -0.4 is 5.73 Å². The third-order valence-electron chi connectivity index (χ3n) is 3.50. The number of pyridine rings is 1. The molecule has 1 aromatic heterocycles. The van der Waals surface area contributed by atoms with E-state index in [1.54, 1.807) is 12.3 Å². The number of nitrogens with zero attached hydrogens (tertiary/aromatic N) is 1. The summed E-state index contributed by atoms with van der Waals surface area (Å²) in [5.74, 6) is -3.56. The molecule has 3 rings (SSSR count). The number of benzene rings is 1.